The fourth-order valence-electron chi connectivity index (χ4n) is 1.25. The summed E-state index contributed by atoms with van der Waals surface area (Å²) in [6.45, 7) is 1.12. The summed E-state index contributed by atoms with van der Waals surface area (Å²) in [5.41, 5.74) is 1.39. The van der Waals surface area contributed by atoms with E-state index in [2.05, 4.69) is 67.5 Å². The van der Waals surface area contributed by atoms with Crippen LogP contribution in [0.1, 0.15) is 11.6 Å². The van der Waals surface area contributed by atoms with Gasteiger partial charge in [-0.1, -0.05) is 62.2 Å². The number of rotatable bonds is 5. The normalized spacial score (nSPS) is 11.9. The summed E-state index contributed by atoms with van der Waals surface area (Å²) in [6.07, 6.45) is 0. The monoisotopic (exact) mass is 341 g/mol. The Hall–Kier alpha value is 0.430. The summed E-state index contributed by atoms with van der Waals surface area (Å²) >= 11 is 6.97. The Kier molecular flexibility index (Phi) is 8.98. The average molecular weight is 343 g/mol. The second-order valence-electron chi connectivity index (χ2n) is 2.88. The minimum Gasteiger partial charge on any atom is -1.00 e. The van der Waals surface area contributed by atoms with E-state index in [1.165, 1.54) is 5.56 Å². The van der Waals surface area contributed by atoms with Gasteiger partial charge < -0.3 is 17.7 Å². The lowest BCUT2D eigenvalue weighted by Crippen LogP contribution is -3.00. The number of nitrogens with two attached hydrogens (primary N) is 1. The van der Waals surface area contributed by atoms with Crippen molar-refractivity contribution < 1.29 is 17.7 Å². The Morgan fingerprint density at radius 3 is 2.29 bits per heavy atom. The maximum Gasteiger partial charge on any atom is 0.121 e. The molecule has 1 aromatic rings. The maximum absolute atomic E-state index is 3.54. The largest absolute Gasteiger partial charge is 1.00 e. The first kappa shape index (κ1) is 14.4. The molecule has 14 heavy (non-hydrogen) atoms. The number of alkyl halides is 2. The van der Waals surface area contributed by atoms with Crippen LogP contribution >= 0.6 is 31.9 Å². The van der Waals surface area contributed by atoms with Crippen LogP contribution in [-0.4, -0.2) is 17.2 Å². The highest BCUT2D eigenvalue weighted by molar-refractivity contribution is 9.09. The molecule has 0 spiro atoms. The Bertz CT molecular complexity index is 231. The lowest BCUT2D eigenvalue weighted by atomic mass is 10.1. The van der Waals surface area contributed by atoms with Gasteiger partial charge in [-0.25, -0.2) is 0 Å². The van der Waals surface area contributed by atoms with E-state index >= 15 is 0 Å². The van der Waals surface area contributed by atoms with E-state index in [9.17, 15) is 0 Å². The Morgan fingerprint density at radius 1 is 1.14 bits per heavy atom. The zero-order valence-corrected chi connectivity index (χ0v) is 11.7. The van der Waals surface area contributed by atoms with Gasteiger partial charge in [0.1, 0.15) is 6.04 Å². The van der Waals surface area contributed by atoms with Crippen LogP contribution in [0.25, 0.3) is 0 Å². The SMILES string of the molecule is BrCC[NH2+]C(CBr)c1ccccc1.[Cl-]. The third-order valence-corrected chi connectivity index (χ3v) is 3.11. The van der Waals surface area contributed by atoms with Gasteiger partial charge in [0.05, 0.1) is 17.2 Å². The zero-order valence-electron chi connectivity index (χ0n) is 7.80. The van der Waals surface area contributed by atoms with Gasteiger partial charge in [-0.05, 0) is 0 Å². The molecule has 0 aliphatic carbocycles. The summed E-state index contributed by atoms with van der Waals surface area (Å²) < 4.78 is 0. The summed E-state index contributed by atoms with van der Waals surface area (Å²) in [4.78, 5) is 0. The van der Waals surface area contributed by atoms with E-state index in [4.69, 9.17) is 0 Å². The maximum atomic E-state index is 3.54. The topological polar surface area (TPSA) is 16.6 Å². The standard InChI is InChI=1S/C10H13Br2N.ClH/c11-6-7-13-10(8-12)9-4-2-1-3-5-9;/h1-5,10,13H,6-8H2;1H. The first-order chi connectivity index (χ1) is 6.38. The molecule has 0 saturated heterocycles. The zero-order chi connectivity index (χ0) is 9.52. The molecule has 2 N–H and O–H groups in total. The van der Waals surface area contributed by atoms with Gasteiger partial charge in [0.2, 0.25) is 0 Å². The lowest BCUT2D eigenvalue weighted by Gasteiger charge is -2.11. The van der Waals surface area contributed by atoms with Crippen LogP contribution in [-0.2, 0) is 0 Å². The fraction of sp³-hybridized carbons (Fsp3) is 0.400. The van der Waals surface area contributed by atoms with Crippen molar-refractivity contribution in [2.45, 2.75) is 6.04 Å². The summed E-state index contributed by atoms with van der Waals surface area (Å²) in [5.74, 6) is 0. The molecule has 1 rings (SSSR count). The number of quaternary nitrogens is 1. The van der Waals surface area contributed by atoms with Crippen molar-refractivity contribution in [3.63, 3.8) is 0 Å². The molecule has 1 atom stereocenters. The molecule has 0 bridgehead atoms. The van der Waals surface area contributed by atoms with Crippen LogP contribution in [0.15, 0.2) is 30.3 Å². The summed E-state index contributed by atoms with van der Waals surface area (Å²) in [7, 11) is 0. The third kappa shape index (κ3) is 4.78. The van der Waals surface area contributed by atoms with Gasteiger partial charge in [-0.2, -0.15) is 0 Å². The van der Waals surface area contributed by atoms with E-state index in [0.29, 0.717) is 6.04 Å². The molecule has 80 valence electrons. The molecule has 0 aliphatic heterocycles. The fourth-order valence-corrected chi connectivity index (χ4v) is 2.16. The van der Waals surface area contributed by atoms with Crippen molar-refractivity contribution in [1.29, 1.82) is 0 Å². The molecular weight excluding hydrogens is 329 g/mol. The quantitative estimate of drug-likeness (QED) is 0.667. The molecule has 0 fully saturated rings. The van der Waals surface area contributed by atoms with Gasteiger partial charge in [-0.15, -0.1) is 0 Å². The first-order valence-electron chi connectivity index (χ1n) is 4.38. The number of benzene rings is 1. The molecule has 0 saturated carbocycles. The molecule has 1 nitrogen and oxygen atoms in total. The van der Waals surface area contributed by atoms with Gasteiger partial charge in [0, 0.05) is 5.56 Å². The van der Waals surface area contributed by atoms with Crippen LogP contribution in [0, 0.1) is 0 Å². The van der Waals surface area contributed by atoms with Gasteiger partial charge in [-0.3, -0.25) is 0 Å². The van der Waals surface area contributed by atoms with Gasteiger partial charge >= 0.3 is 0 Å². The van der Waals surface area contributed by atoms with Crippen LogP contribution in [0.3, 0.4) is 0 Å². The van der Waals surface area contributed by atoms with E-state index in [-0.39, 0.29) is 12.4 Å². The average Bonchev–Trinajstić information content (AvgIpc) is 2.21. The highest BCUT2D eigenvalue weighted by Gasteiger charge is 2.10. The molecule has 1 aromatic carbocycles. The van der Waals surface area contributed by atoms with Crippen molar-refractivity contribution in [1.82, 2.24) is 0 Å². The lowest BCUT2D eigenvalue weighted by molar-refractivity contribution is -0.687. The molecule has 0 heterocycles. The predicted molar refractivity (Wildman–Crippen MR) is 63.6 cm³/mol. The molecule has 0 radical (unpaired) electrons. The minimum absolute atomic E-state index is 0. The van der Waals surface area contributed by atoms with E-state index in [0.717, 1.165) is 17.2 Å². The molecule has 0 aliphatic rings. The number of hydrogen-bond acceptors (Lipinski definition) is 0. The minimum atomic E-state index is 0. The molecule has 0 aromatic heterocycles. The predicted octanol–water partition coefficient (Wildman–Crippen LogP) is -0.915. The number of hydrogen-bond donors (Lipinski definition) is 1. The highest BCUT2D eigenvalue weighted by Crippen LogP contribution is 2.10. The van der Waals surface area contributed by atoms with Gasteiger partial charge in [0.25, 0.3) is 0 Å². The summed E-state index contributed by atoms with van der Waals surface area (Å²) in [6, 6.07) is 11.1. The van der Waals surface area contributed by atoms with Crippen LogP contribution in [0.4, 0.5) is 0 Å². The van der Waals surface area contributed by atoms with Crippen molar-refractivity contribution in [2.75, 3.05) is 17.2 Å². The highest BCUT2D eigenvalue weighted by atomic mass is 79.9. The van der Waals surface area contributed by atoms with E-state index < -0.39 is 0 Å². The molecule has 1 unspecified atom stereocenters. The molecule has 4 heteroatoms. The first-order valence-corrected chi connectivity index (χ1v) is 6.63. The van der Waals surface area contributed by atoms with Crippen molar-refractivity contribution in [3.8, 4) is 0 Å². The van der Waals surface area contributed by atoms with Gasteiger partial charge in [0.15, 0.2) is 0 Å². The second kappa shape index (κ2) is 8.72. The van der Waals surface area contributed by atoms with Crippen molar-refractivity contribution in [3.05, 3.63) is 35.9 Å². The second-order valence-corrected chi connectivity index (χ2v) is 4.33. The third-order valence-electron chi connectivity index (χ3n) is 1.95. The Labute approximate surface area is 108 Å². The number of halogens is 3. The molecule has 0 amide bonds. The van der Waals surface area contributed by atoms with Crippen molar-refractivity contribution in [2.24, 2.45) is 0 Å². The smallest absolute Gasteiger partial charge is 0.121 e. The molecular formula is C10H14Br2ClN. The van der Waals surface area contributed by atoms with Crippen LogP contribution in [0.5, 0.6) is 0 Å². The van der Waals surface area contributed by atoms with Crippen molar-refractivity contribution >= 4 is 31.9 Å². The Morgan fingerprint density at radius 2 is 1.79 bits per heavy atom. The van der Waals surface area contributed by atoms with Crippen LogP contribution in [0.2, 0.25) is 0 Å². The van der Waals surface area contributed by atoms with E-state index in [1.54, 1.807) is 0 Å². The van der Waals surface area contributed by atoms with E-state index in [1.807, 2.05) is 0 Å². The van der Waals surface area contributed by atoms with Crippen LogP contribution < -0.4 is 17.7 Å². The Balaban J connectivity index is 0.00000169. The summed E-state index contributed by atoms with van der Waals surface area (Å²) in [5, 5.41) is 4.40.